The van der Waals surface area contributed by atoms with Crippen molar-refractivity contribution in [1.82, 2.24) is 5.43 Å². The monoisotopic (exact) mass is 260 g/mol. The largest absolute Gasteiger partial charge is 0.299 e. The molecule has 0 radical (unpaired) electrons. The molecule has 1 amide bonds. The van der Waals surface area contributed by atoms with Gasteiger partial charge in [-0.1, -0.05) is 45.9 Å². The summed E-state index contributed by atoms with van der Waals surface area (Å²) >= 11 is 0. The molecule has 0 unspecified atom stereocenters. The quantitative estimate of drug-likeness (QED) is 0.815. The summed E-state index contributed by atoms with van der Waals surface area (Å²) in [5.74, 6) is 0.658. The van der Waals surface area contributed by atoms with Crippen LogP contribution in [0.4, 0.5) is 5.69 Å². The minimum absolute atomic E-state index is 0.0233. The van der Waals surface area contributed by atoms with Gasteiger partial charge < -0.3 is 0 Å². The van der Waals surface area contributed by atoms with Crippen molar-refractivity contribution in [2.75, 3.05) is 5.43 Å². The second kappa shape index (κ2) is 4.87. The highest BCUT2D eigenvalue weighted by Crippen LogP contribution is 2.55. The van der Waals surface area contributed by atoms with Crippen molar-refractivity contribution in [1.29, 1.82) is 0 Å². The number of para-hydroxylation sites is 1. The lowest BCUT2D eigenvalue weighted by Crippen LogP contribution is -2.48. The van der Waals surface area contributed by atoms with Gasteiger partial charge in [0.2, 0.25) is 5.91 Å². The van der Waals surface area contributed by atoms with Gasteiger partial charge in [0.15, 0.2) is 0 Å². The van der Waals surface area contributed by atoms with Crippen LogP contribution in [0.3, 0.4) is 0 Å². The van der Waals surface area contributed by atoms with Gasteiger partial charge in [0, 0.05) is 0 Å². The molecular formula is C16H24N2O. The molecule has 0 aromatic heterocycles. The first kappa shape index (κ1) is 13.9. The van der Waals surface area contributed by atoms with Crippen LogP contribution in [0, 0.1) is 16.7 Å². The zero-order valence-electron chi connectivity index (χ0n) is 12.3. The van der Waals surface area contributed by atoms with E-state index in [-0.39, 0.29) is 16.7 Å². The first-order valence-electron chi connectivity index (χ1n) is 6.99. The minimum atomic E-state index is -0.311. The smallest absolute Gasteiger partial charge is 0.244 e. The first-order chi connectivity index (χ1) is 8.88. The predicted molar refractivity (Wildman–Crippen MR) is 78.5 cm³/mol. The summed E-state index contributed by atoms with van der Waals surface area (Å²) < 4.78 is 0. The van der Waals surface area contributed by atoms with Gasteiger partial charge >= 0.3 is 0 Å². The number of hydrogen-bond donors (Lipinski definition) is 2. The molecule has 104 valence electrons. The molecule has 0 bridgehead atoms. The summed E-state index contributed by atoms with van der Waals surface area (Å²) in [4.78, 5) is 12.5. The van der Waals surface area contributed by atoms with E-state index in [4.69, 9.17) is 0 Å². The molecule has 0 saturated heterocycles. The lowest BCUT2D eigenvalue weighted by Gasteiger charge is -2.39. The third kappa shape index (κ3) is 2.34. The van der Waals surface area contributed by atoms with Gasteiger partial charge in [-0.25, -0.2) is 0 Å². The average Bonchev–Trinajstić information content (AvgIpc) is 2.62. The van der Waals surface area contributed by atoms with Crippen LogP contribution in [0.15, 0.2) is 30.3 Å². The van der Waals surface area contributed by atoms with E-state index in [2.05, 4.69) is 38.5 Å². The van der Waals surface area contributed by atoms with Crippen molar-refractivity contribution in [2.45, 2.75) is 40.5 Å². The fourth-order valence-electron chi connectivity index (χ4n) is 2.93. The standard InChI is InChI=1S/C16H24N2O/c1-12-10-11-16(4,15(12,2)3)14(19)18-17-13-8-6-5-7-9-13/h5-9,12,17H,10-11H2,1-4H3,(H,18,19)/t12-,16+/m0/s1. The number of amides is 1. The minimum Gasteiger partial charge on any atom is -0.299 e. The van der Waals surface area contributed by atoms with E-state index < -0.39 is 0 Å². The number of anilines is 1. The molecule has 2 rings (SSSR count). The van der Waals surface area contributed by atoms with Crippen molar-refractivity contribution in [2.24, 2.45) is 16.7 Å². The van der Waals surface area contributed by atoms with E-state index in [1.807, 2.05) is 30.3 Å². The zero-order valence-corrected chi connectivity index (χ0v) is 12.3. The first-order valence-corrected chi connectivity index (χ1v) is 6.99. The summed E-state index contributed by atoms with van der Waals surface area (Å²) in [6, 6.07) is 9.71. The second-order valence-electron chi connectivity index (χ2n) is 6.44. The SMILES string of the molecule is C[C@H]1CC[C@](C)(C(=O)NNc2ccccc2)C1(C)C. The average molecular weight is 260 g/mol. The van der Waals surface area contributed by atoms with Crippen LogP contribution in [0.2, 0.25) is 0 Å². The molecule has 0 spiro atoms. The summed E-state index contributed by atoms with van der Waals surface area (Å²) in [5.41, 5.74) is 6.49. The van der Waals surface area contributed by atoms with Gasteiger partial charge in [-0.3, -0.25) is 15.6 Å². The lowest BCUT2D eigenvalue weighted by molar-refractivity contribution is -0.135. The molecule has 1 fully saturated rings. The maximum atomic E-state index is 12.5. The third-order valence-electron chi connectivity index (χ3n) is 5.33. The van der Waals surface area contributed by atoms with Gasteiger partial charge in [0.25, 0.3) is 0 Å². The Kier molecular flexibility index (Phi) is 3.57. The van der Waals surface area contributed by atoms with Gasteiger partial charge in [-0.15, -0.1) is 0 Å². The van der Waals surface area contributed by atoms with Crippen LogP contribution in [-0.2, 0) is 4.79 Å². The highest BCUT2D eigenvalue weighted by atomic mass is 16.2. The van der Waals surface area contributed by atoms with Crippen LogP contribution >= 0.6 is 0 Å². The molecule has 1 aromatic carbocycles. The Morgan fingerprint density at radius 1 is 1.21 bits per heavy atom. The van der Waals surface area contributed by atoms with Crippen LogP contribution < -0.4 is 10.9 Å². The highest BCUT2D eigenvalue weighted by molar-refractivity contribution is 5.84. The van der Waals surface area contributed by atoms with Gasteiger partial charge in [0.05, 0.1) is 11.1 Å². The summed E-state index contributed by atoms with van der Waals surface area (Å²) in [5, 5.41) is 0. The molecule has 3 nitrogen and oxygen atoms in total. The van der Waals surface area contributed by atoms with Crippen molar-refractivity contribution in [3.05, 3.63) is 30.3 Å². The van der Waals surface area contributed by atoms with Crippen LogP contribution in [0.5, 0.6) is 0 Å². The van der Waals surface area contributed by atoms with Gasteiger partial charge in [-0.2, -0.15) is 0 Å². The molecule has 1 aliphatic rings. The van der Waals surface area contributed by atoms with Crippen molar-refractivity contribution in [3.63, 3.8) is 0 Å². The van der Waals surface area contributed by atoms with E-state index in [9.17, 15) is 4.79 Å². The summed E-state index contributed by atoms with van der Waals surface area (Å²) in [6.45, 7) is 8.72. The van der Waals surface area contributed by atoms with Crippen LogP contribution in [0.25, 0.3) is 0 Å². The molecule has 2 N–H and O–H groups in total. The summed E-state index contributed by atoms with van der Waals surface area (Å²) in [6.07, 6.45) is 2.06. The van der Waals surface area contributed by atoms with Crippen molar-refractivity contribution < 1.29 is 4.79 Å². The third-order valence-corrected chi connectivity index (χ3v) is 5.33. The van der Waals surface area contributed by atoms with Crippen LogP contribution in [0.1, 0.15) is 40.5 Å². The van der Waals surface area contributed by atoms with E-state index in [1.54, 1.807) is 0 Å². The Bertz CT molecular complexity index is 455. The summed E-state index contributed by atoms with van der Waals surface area (Å²) in [7, 11) is 0. The second-order valence-corrected chi connectivity index (χ2v) is 6.44. The fourth-order valence-corrected chi connectivity index (χ4v) is 2.93. The Hall–Kier alpha value is -1.51. The maximum absolute atomic E-state index is 12.5. The van der Waals surface area contributed by atoms with E-state index in [0.717, 1.165) is 18.5 Å². The molecular weight excluding hydrogens is 236 g/mol. The Morgan fingerprint density at radius 2 is 1.84 bits per heavy atom. The highest BCUT2D eigenvalue weighted by Gasteiger charge is 2.54. The molecule has 19 heavy (non-hydrogen) atoms. The normalized spacial score (nSPS) is 28.9. The molecule has 1 aliphatic carbocycles. The van der Waals surface area contributed by atoms with Gasteiger partial charge in [0.1, 0.15) is 0 Å². The Labute approximate surface area is 115 Å². The maximum Gasteiger partial charge on any atom is 0.244 e. The number of benzene rings is 1. The lowest BCUT2D eigenvalue weighted by atomic mass is 9.66. The number of hydrazine groups is 1. The van der Waals surface area contributed by atoms with Crippen LogP contribution in [-0.4, -0.2) is 5.91 Å². The molecule has 0 heterocycles. The van der Waals surface area contributed by atoms with E-state index in [1.165, 1.54) is 0 Å². The van der Waals surface area contributed by atoms with Crippen molar-refractivity contribution in [3.8, 4) is 0 Å². The Morgan fingerprint density at radius 3 is 2.37 bits per heavy atom. The molecule has 2 atom stereocenters. The molecule has 1 saturated carbocycles. The number of rotatable bonds is 3. The zero-order chi connectivity index (χ0) is 14.1. The number of hydrogen-bond acceptors (Lipinski definition) is 2. The fraction of sp³-hybridized carbons (Fsp3) is 0.562. The predicted octanol–water partition coefficient (Wildman–Crippen LogP) is 3.59. The van der Waals surface area contributed by atoms with Gasteiger partial charge in [-0.05, 0) is 36.3 Å². The van der Waals surface area contributed by atoms with E-state index >= 15 is 0 Å². The molecule has 0 aliphatic heterocycles. The topological polar surface area (TPSA) is 41.1 Å². The number of carbonyl (C=O) groups is 1. The Balaban J connectivity index is 2.04. The van der Waals surface area contributed by atoms with Crippen molar-refractivity contribution >= 4 is 11.6 Å². The molecule has 1 aromatic rings. The number of carbonyl (C=O) groups excluding carboxylic acids is 1. The van der Waals surface area contributed by atoms with E-state index in [0.29, 0.717) is 5.92 Å². The number of nitrogens with one attached hydrogen (secondary N) is 2. The molecule has 3 heteroatoms.